The second-order valence-electron chi connectivity index (χ2n) is 7.23. The van der Waals surface area contributed by atoms with Gasteiger partial charge in [0.2, 0.25) is 0 Å². The lowest BCUT2D eigenvalue weighted by molar-refractivity contribution is 0.0363. The summed E-state index contributed by atoms with van der Waals surface area (Å²) in [6, 6.07) is 1.33. The molecule has 0 saturated heterocycles. The van der Waals surface area contributed by atoms with Crippen LogP contribution in [0.5, 0.6) is 0 Å². The molecular formula is C21H30FN3O3. The van der Waals surface area contributed by atoms with E-state index in [9.17, 15) is 14.0 Å². The molecule has 1 aliphatic rings. The van der Waals surface area contributed by atoms with Crippen LogP contribution in [0.25, 0.3) is 0 Å². The highest BCUT2D eigenvalue weighted by Crippen LogP contribution is 2.27. The molecule has 1 aromatic rings. The van der Waals surface area contributed by atoms with Crippen molar-refractivity contribution in [3.8, 4) is 0 Å². The van der Waals surface area contributed by atoms with Crippen molar-refractivity contribution in [1.82, 2.24) is 10.0 Å². The predicted octanol–water partition coefficient (Wildman–Crippen LogP) is 4.25. The Morgan fingerprint density at radius 3 is 2.79 bits per heavy atom. The fraction of sp³-hybridized carbons (Fsp3) is 0.571. The smallest absolute Gasteiger partial charge is 0.278 e. The highest BCUT2D eigenvalue weighted by atomic mass is 19.1. The van der Waals surface area contributed by atoms with Crippen molar-refractivity contribution in [2.75, 3.05) is 6.61 Å². The standard InChI is InChI=1S/C21H30FN3O3/c1-5-9-16(15(22)12-14(3)4)23-17-13-19(26)25-11-8-7-10-18(25)20(17)21(27)24-28-6-2/h12-14H,5-11H2,1-4H3,(H,24,27)/b15-12+,23-16?. The highest BCUT2D eigenvalue weighted by molar-refractivity contribution is 6.04. The van der Waals surface area contributed by atoms with E-state index >= 15 is 0 Å². The number of hydrogen-bond donors (Lipinski definition) is 1. The average molecular weight is 391 g/mol. The number of hydrogen-bond acceptors (Lipinski definition) is 4. The van der Waals surface area contributed by atoms with Crippen molar-refractivity contribution in [2.24, 2.45) is 10.9 Å². The van der Waals surface area contributed by atoms with Gasteiger partial charge in [-0.25, -0.2) is 14.9 Å². The summed E-state index contributed by atoms with van der Waals surface area (Å²) in [5.41, 5.74) is 3.56. The molecule has 0 aliphatic carbocycles. The van der Waals surface area contributed by atoms with Crippen molar-refractivity contribution in [1.29, 1.82) is 0 Å². The zero-order chi connectivity index (χ0) is 20.7. The van der Waals surface area contributed by atoms with Gasteiger partial charge < -0.3 is 4.57 Å². The molecule has 0 bridgehead atoms. The van der Waals surface area contributed by atoms with Crippen LogP contribution >= 0.6 is 0 Å². The molecule has 1 aromatic heterocycles. The number of nitrogens with one attached hydrogen (secondary N) is 1. The number of allylic oxidation sites excluding steroid dienone is 2. The molecule has 1 N–H and O–H groups in total. The van der Waals surface area contributed by atoms with Crippen LogP contribution in [0.3, 0.4) is 0 Å². The van der Waals surface area contributed by atoms with Crippen LogP contribution < -0.4 is 11.0 Å². The fourth-order valence-corrected chi connectivity index (χ4v) is 3.27. The Hall–Kier alpha value is -2.28. The van der Waals surface area contributed by atoms with E-state index < -0.39 is 11.7 Å². The van der Waals surface area contributed by atoms with Crippen LogP contribution in [0.2, 0.25) is 0 Å². The van der Waals surface area contributed by atoms with E-state index in [0.29, 0.717) is 43.7 Å². The van der Waals surface area contributed by atoms with Crippen LogP contribution in [0.4, 0.5) is 10.1 Å². The highest BCUT2D eigenvalue weighted by Gasteiger charge is 2.24. The molecule has 6 nitrogen and oxygen atoms in total. The maximum absolute atomic E-state index is 14.7. The molecule has 0 fully saturated rings. The quantitative estimate of drug-likeness (QED) is 0.532. The Morgan fingerprint density at radius 2 is 2.14 bits per heavy atom. The Bertz CT molecular complexity index is 825. The molecule has 28 heavy (non-hydrogen) atoms. The number of hydroxylamine groups is 1. The van der Waals surface area contributed by atoms with Gasteiger partial charge in [0.1, 0.15) is 5.83 Å². The zero-order valence-corrected chi connectivity index (χ0v) is 17.2. The number of nitrogens with zero attached hydrogens (tertiary/aromatic N) is 2. The molecule has 0 saturated carbocycles. The summed E-state index contributed by atoms with van der Waals surface area (Å²) >= 11 is 0. The maximum atomic E-state index is 14.7. The minimum atomic E-state index is -0.463. The zero-order valence-electron chi connectivity index (χ0n) is 17.2. The Balaban J connectivity index is 2.65. The topological polar surface area (TPSA) is 72.7 Å². The third-order valence-electron chi connectivity index (χ3n) is 4.48. The number of aliphatic imine (C=N–C) groups is 1. The van der Waals surface area contributed by atoms with Crippen LogP contribution in [-0.2, 0) is 17.8 Å². The molecule has 0 radical (unpaired) electrons. The van der Waals surface area contributed by atoms with Crippen molar-refractivity contribution in [3.63, 3.8) is 0 Å². The van der Waals surface area contributed by atoms with Crippen LogP contribution in [0.1, 0.15) is 69.4 Å². The van der Waals surface area contributed by atoms with E-state index in [0.717, 1.165) is 12.8 Å². The molecule has 154 valence electrons. The average Bonchev–Trinajstić information content (AvgIpc) is 2.65. The largest absolute Gasteiger partial charge is 0.312 e. The summed E-state index contributed by atoms with van der Waals surface area (Å²) in [4.78, 5) is 34.8. The molecule has 0 spiro atoms. The van der Waals surface area contributed by atoms with Crippen molar-refractivity contribution >= 4 is 17.3 Å². The molecule has 2 rings (SSSR count). The number of carbonyl (C=O) groups excluding carboxylic acids is 1. The summed E-state index contributed by atoms with van der Waals surface area (Å²) in [6.07, 6.45) is 4.98. The summed E-state index contributed by atoms with van der Waals surface area (Å²) < 4.78 is 16.3. The Kier molecular flexibility index (Phi) is 8.11. The number of pyridine rings is 1. The van der Waals surface area contributed by atoms with E-state index in [1.165, 1.54) is 12.1 Å². The number of aromatic nitrogens is 1. The maximum Gasteiger partial charge on any atom is 0.278 e. The second kappa shape index (κ2) is 10.3. The first-order valence-corrected chi connectivity index (χ1v) is 10.0. The second-order valence-corrected chi connectivity index (χ2v) is 7.23. The van der Waals surface area contributed by atoms with Gasteiger partial charge >= 0.3 is 0 Å². The predicted molar refractivity (Wildman–Crippen MR) is 109 cm³/mol. The minimum absolute atomic E-state index is 0.0249. The van der Waals surface area contributed by atoms with E-state index in [1.807, 2.05) is 20.8 Å². The molecule has 7 heteroatoms. The van der Waals surface area contributed by atoms with Gasteiger partial charge in [-0.05, 0) is 44.6 Å². The van der Waals surface area contributed by atoms with Gasteiger partial charge in [0.15, 0.2) is 0 Å². The van der Waals surface area contributed by atoms with E-state index in [4.69, 9.17) is 4.84 Å². The van der Waals surface area contributed by atoms with Gasteiger partial charge in [-0.15, -0.1) is 0 Å². The lowest BCUT2D eigenvalue weighted by Crippen LogP contribution is -2.32. The number of rotatable bonds is 8. The summed E-state index contributed by atoms with van der Waals surface area (Å²) in [5, 5.41) is 0. The molecule has 0 unspecified atom stereocenters. The van der Waals surface area contributed by atoms with Crippen LogP contribution in [-0.4, -0.2) is 22.8 Å². The molecule has 1 aliphatic heterocycles. The van der Waals surface area contributed by atoms with Gasteiger partial charge in [0.25, 0.3) is 11.5 Å². The molecule has 0 aromatic carbocycles. The lowest BCUT2D eigenvalue weighted by Gasteiger charge is -2.22. The van der Waals surface area contributed by atoms with Gasteiger partial charge in [0, 0.05) is 18.3 Å². The summed E-state index contributed by atoms with van der Waals surface area (Å²) in [7, 11) is 0. The van der Waals surface area contributed by atoms with Gasteiger partial charge in [-0.3, -0.25) is 14.4 Å². The van der Waals surface area contributed by atoms with Gasteiger partial charge in [-0.2, -0.15) is 0 Å². The SMILES string of the molecule is CCCC(=Nc1cc(=O)n2c(c1C(=O)NOCC)CCCC2)/C(F)=C\C(C)C. The molecule has 2 heterocycles. The fourth-order valence-electron chi connectivity index (χ4n) is 3.27. The monoisotopic (exact) mass is 391 g/mol. The van der Waals surface area contributed by atoms with Gasteiger partial charge in [0.05, 0.1) is 23.6 Å². The molecule has 1 amide bonds. The summed E-state index contributed by atoms with van der Waals surface area (Å²) in [6.45, 7) is 8.34. The minimum Gasteiger partial charge on any atom is -0.312 e. The van der Waals surface area contributed by atoms with Crippen LogP contribution in [0, 0.1) is 5.92 Å². The number of halogens is 1. The molecule has 0 atom stereocenters. The van der Waals surface area contributed by atoms with Crippen molar-refractivity contribution in [2.45, 2.75) is 66.3 Å². The van der Waals surface area contributed by atoms with E-state index in [1.54, 1.807) is 11.5 Å². The third-order valence-corrected chi connectivity index (χ3v) is 4.48. The summed E-state index contributed by atoms with van der Waals surface area (Å²) in [5.74, 6) is -0.849. The van der Waals surface area contributed by atoms with E-state index in [2.05, 4.69) is 10.5 Å². The Morgan fingerprint density at radius 1 is 1.39 bits per heavy atom. The normalized spacial score (nSPS) is 14.9. The van der Waals surface area contributed by atoms with Crippen LogP contribution in [0.15, 0.2) is 27.8 Å². The first-order valence-electron chi connectivity index (χ1n) is 10.0. The first-order chi connectivity index (χ1) is 13.4. The Labute approximate surface area is 165 Å². The number of amides is 1. The molecular weight excluding hydrogens is 361 g/mol. The van der Waals surface area contributed by atoms with E-state index in [-0.39, 0.29) is 22.9 Å². The van der Waals surface area contributed by atoms with Gasteiger partial charge in [-0.1, -0.05) is 27.2 Å². The van der Waals surface area contributed by atoms with Crippen molar-refractivity contribution in [3.05, 3.63) is 39.6 Å². The van der Waals surface area contributed by atoms with Crippen molar-refractivity contribution < 1.29 is 14.0 Å². The first kappa shape index (κ1) is 22.0. The lowest BCUT2D eigenvalue weighted by atomic mass is 10.0. The number of fused-ring (bicyclic) bond motifs is 1. The third kappa shape index (κ3) is 5.38. The number of carbonyl (C=O) groups is 1.